The van der Waals surface area contributed by atoms with E-state index in [-0.39, 0.29) is 0 Å². The lowest BCUT2D eigenvalue weighted by atomic mass is 10.0. The molecule has 0 saturated heterocycles. The Hall–Kier alpha value is -2.29. The molecule has 0 aliphatic rings. The molecule has 24 heavy (non-hydrogen) atoms. The van der Waals surface area contributed by atoms with Crippen molar-refractivity contribution in [3.8, 4) is 0 Å². The van der Waals surface area contributed by atoms with Crippen LogP contribution in [0.1, 0.15) is 44.7 Å². The van der Waals surface area contributed by atoms with Crippen LogP contribution in [0.2, 0.25) is 0 Å². The third kappa shape index (κ3) is 4.85. The van der Waals surface area contributed by atoms with E-state index in [4.69, 9.17) is 0 Å². The fourth-order valence-electron chi connectivity index (χ4n) is 2.48. The fraction of sp³-hybridized carbons (Fsp3) is 0.381. The van der Waals surface area contributed by atoms with E-state index < -0.39 is 0 Å². The van der Waals surface area contributed by atoms with Crippen LogP contribution in [-0.4, -0.2) is 18.2 Å². The molecule has 2 rings (SSSR count). The molecule has 0 atom stereocenters. The zero-order valence-electron chi connectivity index (χ0n) is 15.5. The standard InChI is InChI=1S/C21H29N3/c1-6-17(4)13-23-20-11-12-24(15-21(20)22-5)14-18-7-9-19(10-8-18)16(2)3/h6-12,15-16,22H,13-14H2,1-5H3/b17-6+,23-20?. The van der Waals surface area contributed by atoms with Crippen molar-refractivity contribution in [3.05, 3.63) is 70.9 Å². The highest BCUT2D eigenvalue weighted by molar-refractivity contribution is 5.39. The van der Waals surface area contributed by atoms with Gasteiger partial charge in [-0.2, -0.15) is 0 Å². The summed E-state index contributed by atoms with van der Waals surface area (Å²) >= 11 is 0. The first-order valence-corrected chi connectivity index (χ1v) is 8.62. The molecule has 0 radical (unpaired) electrons. The van der Waals surface area contributed by atoms with Crippen LogP contribution < -0.4 is 10.7 Å². The number of hydrogen-bond acceptors (Lipinski definition) is 2. The predicted molar refractivity (Wildman–Crippen MR) is 103 cm³/mol. The second-order valence-corrected chi connectivity index (χ2v) is 6.51. The molecule has 1 aromatic carbocycles. The van der Waals surface area contributed by atoms with E-state index in [0.29, 0.717) is 5.92 Å². The highest BCUT2D eigenvalue weighted by Crippen LogP contribution is 2.15. The Morgan fingerprint density at radius 3 is 2.50 bits per heavy atom. The molecule has 1 heterocycles. The lowest BCUT2D eigenvalue weighted by molar-refractivity contribution is 0.785. The molecule has 3 heteroatoms. The molecule has 3 nitrogen and oxygen atoms in total. The van der Waals surface area contributed by atoms with Crippen molar-refractivity contribution in [2.45, 2.75) is 40.2 Å². The molecule has 0 spiro atoms. The topological polar surface area (TPSA) is 29.3 Å². The highest BCUT2D eigenvalue weighted by atomic mass is 15.0. The van der Waals surface area contributed by atoms with Gasteiger partial charge >= 0.3 is 0 Å². The number of hydrogen-bond donors (Lipinski definition) is 1. The SMILES string of the molecule is C/C=C(\C)CN=c1ccn(Cc2ccc(C(C)C)cc2)cc1NC. The molecule has 0 amide bonds. The van der Waals surface area contributed by atoms with E-state index in [0.717, 1.165) is 24.1 Å². The second-order valence-electron chi connectivity index (χ2n) is 6.51. The summed E-state index contributed by atoms with van der Waals surface area (Å²) in [6, 6.07) is 11.0. The van der Waals surface area contributed by atoms with Crippen LogP contribution in [0.15, 0.2) is 59.4 Å². The van der Waals surface area contributed by atoms with E-state index in [1.807, 2.05) is 14.0 Å². The zero-order valence-corrected chi connectivity index (χ0v) is 15.5. The van der Waals surface area contributed by atoms with Crippen LogP contribution in [0.3, 0.4) is 0 Å². The number of rotatable bonds is 6. The molecule has 2 aromatic rings. The van der Waals surface area contributed by atoms with Gasteiger partial charge in [-0.25, -0.2) is 0 Å². The van der Waals surface area contributed by atoms with E-state index in [1.165, 1.54) is 16.7 Å². The number of pyridine rings is 1. The average molecular weight is 323 g/mol. The molecule has 1 N–H and O–H groups in total. The minimum Gasteiger partial charge on any atom is -0.385 e. The molecule has 0 fully saturated rings. The molecule has 0 bridgehead atoms. The van der Waals surface area contributed by atoms with Gasteiger partial charge in [-0.15, -0.1) is 0 Å². The van der Waals surface area contributed by atoms with Gasteiger partial charge in [0.05, 0.1) is 17.6 Å². The Morgan fingerprint density at radius 1 is 1.21 bits per heavy atom. The van der Waals surface area contributed by atoms with Crippen LogP contribution in [0, 0.1) is 0 Å². The molecule has 128 valence electrons. The first-order valence-electron chi connectivity index (χ1n) is 8.62. The number of nitrogens with zero attached hydrogens (tertiary/aromatic N) is 2. The molecule has 1 aromatic heterocycles. The van der Waals surface area contributed by atoms with Crippen LogP contribution in [0.25, 0.3) is 0 Å². The first-order chi connectivity index (χ1) is 11.5. The predicted octanol–water partition coefficient (Wildman–Crippen LogP) is 4.57. The molecular formula is C21H29N3. The van der Waals surface area contributed by atoms with Crippen LogP contribution in [0.4, 0.5) is 5.69 Å². The number of aromatic nitrogens is 1. The third-order valence-corrected chi connectivity index (χ3v) is 4.27. The lowest BCUT2D eigenvalue weighted by Gasteiger charge is -2.11. The summed E-state index contributed by atoms with van der Waals surface area (Å²) in [6.07, 6.45) is 6.33. The normalized spacial score (nSPS) is 12.8. The van der Waals surface area contributed by atoms with Crippen LogP contribution >= 0.6 is 0 Å². The Balaban J connectivity index is 2.20. The van der Waals surface area contributed by atoms with Gasteiger partial charge in [0.25, 0.3) is 0 Å². The van der Waals surface area contributed by atoms with Crippen molar-refractivity contribution in [1.82, 2.24) is 4.57 Å². The summed E-state index contributed by atoms with van der Waals surface area (Å²) in [4.78, 5) is 4.68. The maximum absolute atomic E-state index is 4.68. The number of nitrogens with one attached hydrogen (secondary N) is 1. The zero-order chi connectivity index (χ0) is 17.5. The third-order valence-electron chi connectivity index (χ3n) is 4.27. The van der Waals surface area contributed by atoms with E-state index in [2.05, 4.69) is 84.4 Å². The fourth-order valence-corrected chi connectivity index (χ4v) is 2.48. The Kier molecular flexibility index (Phi) is 6.42. The molecule has 0 unspecified atom stereocenters. The molecule has 0 aliphatic carbocycles. The average Bonchev–Trinajstić information content (AvgIpc) is 2.60. The summed E-state index contributed by atoms with van der Waals surface area (Å²) in [5.41, 5.74) is 5.02. The van der Waals surface area contributed by atoms with Crippen molar-refractivity contribution in [1.29, 1.82) is 0 Å². The number of anilines is 1. The van der Waals surface area contributed by atoms with Crippen LogP contribution in [0.5, 0.6) is 0 Å². The van der Waals surface area contributed by atoms with Crippen molar-refractivity contribution in [2.24, 2.45) is 4.99 Å². The van der Waals surface area contributed by atoms with Crippen molar-refractivity contribution in [3.63, 3.8) is 0 Å². The van der Waals surface area contributed by atoms with Gasteiger partial charge in [-0.1, -0.05) is 49.8 Å². The molecular weight excluding hydrogens is 294 g/mol. The van der Waals surface area contributed by atoms with Gasteiger partial charge in [0.15, 0.2) is 0 Å². The summed E-state index contributed by atoms with van der Waals surface area (Å²) in [5.74, 6) is 0.573. The van der Waals surface area contributed by atoms with Gasteiger partial charge in [0.2, 0.25) is 0 Å². The van der Waals surface area contributed by atoms with Crippen molar-refractivity contribution < 1.29 is 0 Å². The maximum atomic E-state index is 4.68. The summed E-state index contributed by atoms with van der Waals surface area (Å²) < 4.78 is 2.19. The van der Waals surface area contributed by atoms with E-state index in [1.54, 1.807) is 0 Å². The maximum Gasteiger partial charge on any atom is 0.0839 e. The van der Waals surface area contributed by atoms with Gasteiger partial charge in [0, 0.05) is 26.0 Å². The Labute approximate surface area is 145 Å². The molecule has 0 saturated carbocycles. The van der Waals surface area contributed by atoms with Gasteiger partial charge in [0.1, 0.15) is 0 Å². The number of benzene rings is 1. The highest BCUT2D eigenvalue weighted by Gasteiger charge is 2.01. The Morgan fingerprint density at radius 2 is 1.92 bits per heavy atom. The van der Waals surface area contributed by atoms with Gasteiger partial charge in [-0.05, 0) is 37.0 Å². The van der Waals surface area contributed by atoms with Crippen LogP contribution in [-0.2, 0) is 6.54 Å². The van der Waals surface area contributed by atoms with E-state index >= 15 is 0 Å². The quantitative estimate of drug-likeness (QED) is 0.775. The summed E-state index contributed by atoms with van der Waals surface area (Å²) in [6.45, 7) is 10.2. The Bertz CT molecular complexity index is 749. The largest absolute Gasteiger partial charge is 0.385 e. The van der Waals surface area contributed by atoms with E-state index in [9.17, 15) is 0 Å². The number of allylic oxidation sites excluding steroid dienone is 1. The summed E-state index contributed by atoms with van der Waals surface area (Å²) in [5, 5.41) is 4.26. The summed E-state index contributed by atoms with van der Waals surface area (Å²) in [7, 11) is 1.94. The minimum atomic E-state index is 0.573. The van der Waals surface area contributed by atoms with Gasteiger partial charge in [-0.3, -0.25) is 4.99 Å². The molecule has 0 aliphatic heterocycles. The monoisotopic (exact) mass is 323 g/mol. The van der Waals surface area contributed by atoms with Crippen molar-refractivity contribution in [2.75, 3.05) is 18.9 Å². The minimum absolute atomic E-state index is 0.573. The smallest absolute Gasteiger partial charge is 0.0839 e. The second kappa shape index (κ2) is 8.53. The lowest BCUT2D eigenvalue weighted by Crippen LogP contribution is -2.14. The van der Waals surface area contributed by atoms with Gasteiger partial charge < -0.3 is 9.88 Å². The first kappa shape index (κ1) is 18.1. The van der Waals surface area contributed by atoms with Crippen molar-refractivity contribution >= 4 is 5.69 Å².